The summed E-state index contributed by atoms with van der Waals surface area (Å²) in [5.74, 6) is 2.25. The van der Waals surface area contributed by atoms with Crippen LogP contribution in [0, 0.1) is 5.41 Å². The number of thioether (sulfide) groups is 1. The summed E-state index contributed by atoms with van der Waals surface area (Å²) in [5.41, 5.74) is 0.456. The van der Waals surface area contributed by atoms with Crippen molar-refractivity contribution < 1.29 is 4.79 Å². The Morgan fingerprint density at radius 1 is 1.60 bits per heavy atom. The van der Waals surface area contributed by atoms with E-state index in [4.69, 9.17) is 0 Å². The van der Waals surface area contributed by atoms with Gasteiger partial charge in [0, 0.05) is 24.6 Å². The van der Waals surface area contributed by atoms with Crippen LogP contribution in [0.1, 0.15) is 26.2 Å². The van der Waals surface area contributed by atoms with Gasteiger partial charge in [0.05, 0.1) is 6.04 Å². The fraction of sp³-hybridized carbons (Fsp3) is 0.909. The molecule has 1 amide bonds. The van der Waals surface area contributed by atoms with Gasteiger partial charge < -0.3 is 10.6 Å². The number of nitrogens with one attached hydrogen (secondary N) is 2. The quantitative estimate of drug-likeness (QED) is 0.754. The van der Waals surface area contributed by atoms with E-state index in [-0.39, 0.29) is 11.9 Å². The number of hydrogen-bond acceptors (Lipinski definition) is 3. The number of amides is 1. The van der Waals surface area contributed by atoms with Crippen molar-refractivity contribution in [3.05, 3.63) is 0 Å². The van der Waals surface area contributed by atoms with Gasteiger partial charge in [-0.15, -0.1) is 0 Å². The molecule has 3 nitrogen and oxygen atoms in total. The van der Waals surface area contributed by atoms with E-state index in [0.717, 1.165) is 24.6 Å². The molecule has 1 saturated heterocycles. The van der Waals surface area contributed by atoms with E-state index < -0.39 is 0 Å². The van der Waals surface area contributed by atoms with Gasteiger partial charge in [0.1, 0.15) is 0 Å². The monoisotopic (exact) mass is 228 g/mol. The molecule has 15 heavy (non-hydrogen) atoms. The summed E-state index contributed by atoms with van der Waals surface area (Å²) in [5, 5.41) is 6.35. The van der Waals surface area contributed by atoms with Gasteiger partial charge >= 0.3 is 0 Å². The highest BCUT2D eigenvalue weighted by Crippen LogP contribution is 2.47. The molecule has 1 heterocycles. The standard InChI is InChI=1S/C11H20N2OS/c1-2-11(3-4-11)8-13-10(14)9-7-15-6-5-12-9/h9,12H,2-8H2,1H3,(H,13,14). The molecule has 0 bridgehead atoms. The molecule has 86 valence electrons. The maximum absolute atomic E-state index is 11.8. The Bertz CT molecular complexity index is 235. The number of carbonyl (C=O) groups excluding carboxylic acids is 1. The maximum atomic E-state index is 11.8. The summed E-state index contributed by atoms with van der Waals surface area (Å²) >= 11 is 1.86. The molecule has 1 saturated carbocycles. The second-order valence-corrected chi connectivity index (χ2v) is 5.80. The minimum absolute atomic E-state index is 0.0383. The van der Waals surface area contributed by atoms with Crippen LogP contribution in [0.25, 0.3) is 0 Å². The van der Waals surface area contributed by atoms with E-state index in [1.807, 2.05) is 11.8 Å². The summed E-state index contributed by atoms with van der Waals surface area (Å²) in [7, 11) is 0. The molecule has 2 fully saturated rings. The fourth-order valence-corrected chi connectivity index (χ4v) is 2.90. The second-order valence-electron chi connectivity index (χ2n) is 4.65. The Morgan fingerprint density at radius 3 is 2.93 bits per heavy atom. The van der Waals surface area contributed by atoms with Gasteiger partial charge in [0.2, 0.25) is 5.91 Å². The maximum Gasteiger partial charge on any atom is 0.238 e. The van der Waals surface area contributed by atoms with Crippen molar-refractivity contribution >= 4 is 17.7 Å². The predicted octanol–water partition coefficient (Wildman–Crippen LogP) is 0.998. The Kier molecular flexibility index (Phi) is 3.57. The van der Waals surface area contributed by atoms with Crippen molar-refractivity contribution in [2.24, 2.45) is 5.41 Å². The molecule has 0 radical (unpaired) electrons. The molecule has 0 spiro atoms. The first kappa shape index (κ1) is 11.3. The van der Waals surface area contributed by atoms with E-state index in [9.17, 15) is 4.79 Å². The van der Waals surface area contributed by atoms with Crippen LogP contribution >= 0.6 is 11.8 Å². The molecule has 4 heteroatoms. The second kappa shape index (κ2) is 4.74. The van der Waals surface area contributed by atoms with E-state index in [1.165, 1.54) is 19.3 Å². The molecule has 2 aliphatic rings. The average Bonchev–Trinajstić information content (AvgIpc) is 3.08. The zero-order valence-corrected chi connectivity index (χ0v) is 10.2. The molecule has 1 unspecified atom stereocenters. The summed E-state index contributed by atoms with van der Waals surface area (Å²) < 4.78 is 0. The fourth-order valence-electron chi connectivity index (χ4n) is 1.96. The molecular formula is C11H20N2OS. The van der Waals surface area contributed by atoms with Gasteiger partial charge in [-0.1, -0.05) is 6.92 Å². The van der Waals surface area contributed by atoms with Crippen LogP contribution in [-0.4, -0.2) is 36.5 Å². The lowest BCUT2D eigenvalue weighted by atomic mass is 10.0. The minimum Gasteiger partial charge on any atom is -0.354 e. The lowest BCUT2D eigenvalue weighted by Gasteiger charge is -2.23. The zero-order chi connectivity index (χ0) is 10.7. The molecule has 1 aliphatic carbocycles. The van der Waals surface area contributed by atoms with Crippen LogP contribution < -0.4 is 10.6 Å². The molecule has 2 rings (SSSR count). The van der Waals surface area contributed by atoms with Crippen LogP contribution in [0.3, 0.4) is 0 Å². The van der Waals surface area contributed by atoms with Crippen LogP contribution in [0.15, 0.2) is 0 Å². The zero-order valence-electron chi connectivity index (χ0n) is 9.34. The van der Waals surface area contributed by atoms with Crippen molar-refractivity contribution in [3.8, 4) is 0 Å². The van der Waals surface area contributed by atoms with Crippen molar-refractivity contribution in [2.45, 2.75) is 32.2 Å². The van der Waals surface area contributed by atoms with E-state index in [0.29, 0.717) is 5.41 Å². The van der Waals surface area contributed by atoms with E-state index in [1.54, 1.807) is 0 Å². The van der Waals surface area contributed by atoms with E-state index in [2.05, 4.69) is 17.6 Å². The Hall–Kier alpha value is -0.220. The Morgan fingerprint density at radius 2 is 2.40 bits per heavy atom. The predicted molar refractivity (Wildman–Crippen MR) is 64.1 cm³/mol. The molecular weight excluding hydrogens is 208 g/mol. The Balaban J connectivity index is 1.72. The number of hydrogen-bond donors (Lipinski definition) is 2. The lowest BCUT2D eigenvalue weighted by molar-refractivity contribution is -0.122. The largest absolute Gasteiger partial charge is 0.354 e. The van der Waals surface area contributed by atoms with Gasteiger partial charge in [-0.25, -0.2) is 0 Å². The average molecular weight is 228 g/mol. The summed E-state index contributed by atoms with van der Waals surface area (Å²) in [6.07, 6.45) is 3.77. The molecule has 1 aliphatic heterocycles. The van der Waals surface area contributed by atoms with Crippen LogP contribution in [0.2, 0.25) is 0 Å². The minimum atomic E-state index is 0.0383. The van der Waals surface area contributed by atoms with Crippen LogP contribution in [-0.2, 0) is 4.79 Å². The van der Waals surface area contributed by atoms with Gasteiger partial charge in [0.25, 0.3) is 0 Å². The molecule has 2 N–H and O–H groups in total. The first-order valence-electron chi connectivity index (χ1n) is 5.85. The van der Waals surface area contributed by atoms with Gasteiger partial charge in [-0.2, -0.15) is 11.8 Å². The highest BCUT2D eigenvalue weighted by Gasteiger charge is 2.41. The van der Waals surface area contributed by atoms with Crippen LogP contribution in [0.5, 0.6) is 0 Å². The summed E-state index contributed by atoms with van der Waals surface area (Å²) in [4.78, 5) is 11.8. The topological polar surface area (TPSA) is 41.1 Å². The smallest absolute Gasteiger partial charge is 0.238 e. The molecule has 0 aromatic carbocycles. The van der Waals surface area contributed by atoms with Crippen molar-refractivity contribution in [2.75, 3.05) is 24.6 Å². The first-order chi connectivity index (χ1) is 7.26. The van der Waals surface area contributed by atoms with Crippen LogP contribution in [0.4, 0.5) is 0 Å². The van der Waals surface area contributed by atoms with Gasteiger partial charge in [-0.3, -0.25) is 4.79 Å². The lowest BCUT2D eigenvalue weighted by Crippen LogP contribution is -2.49. The molecule has 0 aromatic rings. The SMILES string of the molecule is CCC1(CNC(=O)C2CSCCN2)CC1. The highest BCUT2D eigenvalue weighted by molar-refractivity contribution is 7.99. The highest BCUT2D eigenvalue weighted by atomic mass is 32.2. The number of carbonyl (C=O) groups is 1. The third-order valence-corrected chi connectivity index (χ3v) is 4.64. The van der Waals surface area contributed by atoms with Crippen molar-refractivity contribution in [3.63, 3.8) is 0 Å². The Labute approximate surface area is 95.8 Å². The normalized spacial score (nSPS) is 28.5. The third kappa shape index (κ3) is 2.88. The van der Waals surface area contributed by atoms with E-state index >= 15 is 0 Å². The third-order valence-electron chi connectivity index (χ3n) is 3.58. The van der Waals surface area contributed by atoms with Crippen molar-refractivity contribution in [1.29, 1.82) is 0 Å². The van der Waals surface area contributed by atoms with Gasteiger partial charge in [0.15, 0.2) is 0 Å². The molecule has 1 atom stereocenters. The number of rotatable bonds is 4. The van der Waals surface area contributed by atoms with Crippen molar-refractivity contribution in [1.82, 2.24) is 10.6 Å². The first-order valence-corrected chi connectivity index (χ1v) is 7.00. The summed E-state index contributed by atoms with van der Waals surface area (Å²) in [6, 6.07) is 0.0383. The summed E-state index contributed by atoms with van der Waals surface area (Å²) in [6.45, 7) is 4.06. The van der Waals surface area contributed by atoms with Gasteiger partial charge in [-0.05, 0) is 24.7 Å². The molecule has 0 aromatic heterocycles.